The van der Waals surface area contributed by atoms with Crippen molar-refractivity contribution in [2.45, 2.75) is 6.10 Å². The molecule has 0 spiro atoms. The first-order chi connectivity index (χ1) is 8.33. The van der Waals surface area contributed by atoms with Crippen LogP contribution in [0.4, 0.5) is 0 Å². The second kappa shape index (κ2) is 5.83. The molecule has 3 rings (SSSR count). The van der Waals surface area contributed by atoms with Crippen molar-refractivity contribution in [2.75, 3.05) is 19.7 Å². The van der Waals surface area contributed by atoms with Gasteiger partial charge in [-0.3, -0.25) is 0 Å². The third kappa shape index (κ3) is 2.74. The summed E-state index contributed by atoms with van der Waals surface area (Å²) >= 11 is 3.23. The lowest BCUT2D eigenvalue weighted by Gasteiger charge is -2.19. The topological polar surface area (TPSA) is 73.3 Å². The van der Waals surface area contributed by atoms with E-state index >= 15 is 0 Å². The predicted molar refractivity (Wildman–Crippen MR) is 68.5 cm³/mol. The largest absolute Gasteiger partial charge is 0.446 e. The molecule has 8 heteroatoms. The third-order valence-electron chi connectivity index (χ3n) is 2.44. The van der Waals surface area contributed by atoms with Gasteiger partial charge in [-0.2, -0.15) is 4.98 Å². The molecule has 18 heavy (non-hydrogen) atoms. The van der Waals surface area contributed by atoms with Crippen LogP contribution >= 0.6 is 28.3 Å². The van der Waals surface area contributed by atoms with Crippen molar-refractivity contribution in [3.05, 3.63) is 22.7 Å². The minimum absolute atomic E-state index is 0. The predicted octanol–water partition coefficient (Wildman–Crippen LogP) is 2.17. The summed E-state index contributed by atoms with van der Waals surface area (Å²) in [6, 6.07) is 3.56. The van der Waals surface area contributed by atoms with Gasteiger partial charge in [-0.15, -0.1) is 12.4 Å². The van der Waals surface area contributed by atoms with Gasteiger partial charge in [0.2, 0.25) is 5.82 Å². The van der Waals surface area contributed by atoms with Gasteiger partial charge >= 0.3 is 0 Å². The van der Waals surface area contributed by atoms with E-state index in [0.29, 0.717) is 35.3 Å². The molecular weight excluding hydrogens is 325 g/mol. The van der Waals surface area contributed by atoms with Gasteiger partial charge in [0.1, 0.15) is 6.10 Å². The maximum Gasteiger partial charge on any atom is 0.257 e. The zero-order chi connectivity index (χ0) is 11.7. The van der Waals surface area contributed by atoms with E-state index in [0.717, 1.165) is 6.54 Å². The maximum atomic E-state index is 5.52. The van der Waals surface area contributed by atoms with Crippen molar-refractivity contribution >= 4 is 28.3 Å². The monoisotopic (exact) mass is 335 g/mol. The molecule has 1 fully saturated rings. The number of halogens is 2. The molecule has 1 aliphatic rings. The molecule has 3 heterocycles. The average molecular weight is 337 g/mol. The number of hydrogen-bond donors (Lipinski definition) is 1. The Labute approximate surface area is 118 Å². The molecule has 2 aromatic heterocycles. The maximum absolute atomic E-state index is 5.52. The lowest BCUT2D eigenvalue weighted by Crippen LogP contribution is -2.33. The third-order valence-corrected chi connectivity index (χ3v) is 2.86. The lowest BCUT2D eigenvalue weighted by atomic mass is 10.3. The summed E-state index contributed by atoms with van der Waals surface area (Å²) < 4.78 is 16.7. The molecule has 0 saturated carbocycles. The van der Waals surface area contributed by atoms with Crippen LogP contribution in [0.1, 0.15) is 12.0 Å². The van der Waals surface area contributed by atoms with Crippen molar-refractivity contribution in [3.63, 3.8) is 0 Å². The Bertz CT molecular complexity index is 510. The van der Waals surface area contributed by atoms with Crippen LogP contribution in [0, 0.1) is 0 Å². The number of nitrogens with one attached hydrogen (secondary N) is 1. The minimum atomic E-state index is -0.177. The molecule has 1 atom stereocenters. The number of nitrogens with zero attached hydrogens (tertiary/aromatic N) is 2. The number of furan rings is 1. The molecule has 6 nitrogen and oxygen atoms in total. The summed E-state index contributed by atoms with van der Waals surface area (Å²) in [6.07, 6.45) is -0.177. The van der Waals surface area contributed by atoms with Crippen LogP contribution in [0.5, 0.6) is 0 Å². The highest BCUT2D eigenvalue weighted by atomic mass is 79.9. The summed E-state index contributed by atoms with van der Waals surface area (Å²) in [5.41, 5.74) is 0. The Balaban J connectivity index is 0.00000120. The molecule has 0 aliphatic carbocycles. The first-order valence-corrected chi connectivity index (χ1v) is 6.04. The van der Waals surface area contributed by atoms with Crippen LogP contribution in [0.15, 0.2) is 25.7 Å². The Morgan fingerprint density at radius 2 is 2.28 bits per heavy atom. The highest BCUT2D eigenvalue weighted by Crippen LogP contribution is 2.24. The quantitative estimate of drug-likeness (QED) is 0.906. The molecule has 0 amide bonds. The highest BCUT2D eigenvalue weighted by molar-refractivity contribution is 9.10. The van der Waals surface area contributed by atoms with Gasteiger partial charge in [0.25, 0.3) is 5.89 Å². The zero-order valence-electron chi connectivity index (χ0n) is 9.26. The summed E-state index contributed by atoms with van der Waals surface area (Å²) in [5, 5.41) is 7.07. The molecule has 98 valence electrons. The molecule has 1 N–H and O–H groups in total. The van der Waals surface area contributed by atoms with E-state index in [1.165, 1.54) is 0 Å². The summed E-state index contributed by atoms with van der Waals surface area (Å²) in [6.45, 7) is 2.18. The van der Waals surface area contributed by atoms with Crippen LogP contribution in [-0.2, 0) is 4.74 Å². The van der Waals surface area contributed by atoms with Crippen LogP contribution in [-0.4, -0.2) is 29.8 Å². The molecule has 1 saturated heterocycles. The molecule has 0 bridgehead atoms. The van der Waals surface area contributed by atoms with Gasteiger partial charge in [-0.05, 0) is 28.1 Å². The Morgan fingerprint density at radius 3 is 2.94 bits per heavy atom. The van der Waals surface area contributed by atoms with E-state index in [1.54, 1.807) is 12.1 Å². The number of hydrogen-bond acceptors (Lipinski definition) is 6. The van der Waals surface area contributed by atoms with Crippen LogP contribution in [0.2, 0.25) is 0 Å². The summed E-state index contributed by atoms with van der Waals surface area (Å²) in [7, 11) is 0. The normalized spacial score (nSPS) is 19.5. The van der Waals surface area contributed by atoms with Gasteiger partial charge in [0.05, 0.1) is 6.61 Å². The van der Waals surface area contributed by atoms with Crippen molar-refractivity contribution in [1.29, 1.82) is 0 Å². The first-order valence-electron chi connectivity index (χ1n) is 5.24. The van der Waals surface area contributed by atoms with Gasteiger partial charge in [-0.1, -0.05) is 5.16 Å². The molecular formula is C10H11BrClN3O3. The first kappa shape index (κ1) is 13.5. The number of morpholine rings is 1. The smallest absolute Gasteiger partial charge is 0.257 e. The summed E-state index contributed by atoms with van der Waals surface area (Å²) in [5.74, 6) is 1.47. The van der Waals surface area contributed by atoms with Crippen molar-refractivity contribution in [2.24, 2.45) is 0 Å². The van der Waals surface area contributed by atoms with Crippen molar-refractivity contribution < 1.29 is 13.7 Å². The lowest BCUT2D eigenvalue weighted by molar-refractivity contribution is 0.00755. The van der Waals surface area contributed by atoms with E-state index < -0.39 is 0 Å². The van der Waals surface area contributed by atoms with Crippen LogP contribution < -0.4 is 5.32 Å². The number of aromatic nitrogens is 2. The average Bonchev–Trinajstić information content (AvgIpc) is 2.98. The Morgan fingerprint density at radius 1 is 1.39 bits per heavy atom. The van der Waals surface area contributed by atoms with E-state index in [2.05, 4.69) is 31.4 Å². The van der Waals surface area contributed by atoms with E-state index in [-0.39, 0.29) is 18.5 Å². The zero-order valence-corrected chi connectivity index (χ0v) is 11.7. The second-order valence-electron chi connectivity index (χ2n) is 3.62. The highest BCUT2D eigenvalue weighted by Gasteiger charge is 2.23. The fourth-order valence-corrected chi connectivity index (χ4v) is 1.93. The van der Waals surface area contributed by atoms with Gasteiger partial charge in [0, 0.05) is 13.1 Å². The number of ether oxygens (including phenoxy) is 1. The van der Waals surface area contributed by atoms with Crippen molar-refractivity contribution in [3.8, 4) is 11.6 Å². The molecule has 0 unspecified atom stereocenters. The van der Waals surface area contributed by atoms with E-state index in [1.807, 2.05) is 0 Å². The van der Waals surface area contributed by atoms with Gasteiger partial charge < -0.3 is 19.0 Å². The Kier molecular flexibility index (Phi) is 4.39. The molecule has 0 radical (unpaired) electrons. The molecule has 2 aromatic rings. The van der Waals surface area contributed by atoms with E-state index in [9.17, 15) is 0 Å². The number of rotatable bonds is 2. The summed E-state index contributed by atoms with van der Waals surface area (Å²) in [4.78, 5) is 4.26. The van der Waals surface area contributed by atoms with Crippen LogP contribution in [0.25, 0.3) is 11.6 Å². The van der Waals surface area contributed by atoms with Crippen molar-refractivity contribution in [1.82, 2.24) is 15.5 Å². The fraction of sp³-hybridized carbons (Fsp3) is 0.400. The minimum Gasteiger partial charge on any atom is -0.446 e. The SMILES string of the molecule is Brc1ccc(-c2noc([C@@H]3CNCCO3)n2)o1.Cl. The van der Waals surface area contributed by atoms with Gasteiger partial charge in [0.15, 0.2) is 10.4 Å². The molecule has 1 aliphatic heterocycles. The fourth-order valence-electron chi connectivity index (χ4n) is 1.62. The Hall–Kier alpha value is -0.890. The standard InChI is InChI=1S/C10H10BrN3O3.ClH/c11-8-2-1-6(16-8)9-13-10(17-14-9)7-5-12-3-4-15-7;/h1-2,7,12H,3-5H2;1H/t7-;/m0./s1. The van der Waals surface area contributed by atoms with Gasteiger partial charge in [-0.25, -0.2) is 0 Å². The van der Waals surface area contributed by atoms with E-state index in [4.69, 9.17) is 13.7 Å². The molecule has 0 aromatic carbocycles. The second-order valence-corrected chi connectivity index (χ2v) is 4.41. The van der Waals surface area contributed by atoms with Crippen LogP contribution in [0.3, 0.4) is 0 Å².